The number of hydrogen-bond donors (Lipinski definition) is 0. The highest BCUT2D eigenvalue weighted by molar-refractivity contribution is 9.09. The van der Waals surface area contributed by atoms with Crippen molar-refractivity contribution in [1.29, 1.82) is 0 Å². The fourth-order valence-corrected chi connectivity index (χ4v) is 1.48. The second kappa shape index (κ2) is 2.12. The third-order valence-corrected chi connectivity index (χ3v) is 2.30. The molecule has 0 N–H and O–H groups in total. The van der Waals surface area contributed by atoms with Crippen molar-refractivity contribution in [1.82, 2.24) is 0 Å². The van der Waals surface area contributed by atoms with Crippen LogP contribution in [-0.2, 0) is 0 Å². The minimum absolute atomic E-state index is 0.115. The van der Waals surface area contributed by atoms with Gasteiger partial charge in [0, 0.05) is 5.33 Å². The Hall–Kier alpha value is 0.410. The number of hydrogen-bond acceptors (Lipinski definition) is 0. The topological polar surface area (TPSA) is 0 Å². The van der Waals surface area contributed by atoms with Crippen LogP contribution in [-0.4, -0.2) is 12.0 Å². The Morgan fingerprint density at radius 2 is 2.29 bits per heavy atom. The predicted octanol–water partition coefficient (Wildman–Crippen LogP) is 1.99. The fraction of sp³-hybridized carbons (Fsp3) is 1.00. The van der Waals surface area contributed by atoms with Crippen molar-refractivity contribution in [3.05, 3.63) is 0 Å². The Morgan fingerprint density at radius 1 is 1.57 bits per heavy atom. The smallest absolute Gasteiger partial charge is 0.0925 e. The third kappa shape index (κ3) is 1.15. The van der Waals surface area contributed by atoms with Crippen LogP contribution in [0.5, 0.6) is 0 Å². The van der Waals surface area contributed by atoms with Crippen molar-refractivity contribution >= 4 is 15.9 Å². The third-order valence-electron chi connectivity index (χ3n) is 1.47. The van der Waals surface area contributed by atoms with E-state index >= 15 is 0 Å². The Labute approximate surface area is 51.2 Å². The van der Waals surface area contributed by atoms with Gasteiger partial charge < -0.3 is 0 Å². The van der Waals surface area contributed by atoms with Gasteiger partial charge in [0.15, 0.2) is 0 Å². The summed E-state index contributed by atoms with van der Waals surface area (Å²) in [6, 6.07) is 0. The summed E-state index contributed by atoms with van der Waals surface area (Å²) in [6.07, 6.45) is 1.10. The highest BCUT2D eigenvalue weighted by Gasteiger charge is 2.35. The monoisotopic (exact) mass is 166 g/mol. The zero-order chi connectivity index (χ0) is 5.28. The highest BCUT2D eigenvalue weighted by atomic mass is 79.9. The maximum atomic E-state index is 11.6. The molecule has 1 aliphatic carbocycles. The molecule has 0 aromatic carbocycles. The molecule has 1 rings (SSSR count). The van der Waals surface area contributed by atoms with E-state index in [1.807, 2.05) is 0 Å². The summed E-state index contributed by atoms with van der Waals surface area (Å²) in [7, 11) is 0. The van der Waals surface area contributed by atoms with Crippen molar-refractivity contribution in [2.24, 2.45) is 11.8 Å². The van der Waals surface area contributed by atoms with Crippen LogP contribution in [0.1, 0.15) is 6.42 Å². The van der Waals surface area contributed by atoms with Gasteiger partial charge in [-0.05, 0) is 18.3 Å². The van der Waals surface area contributed by atoms with E-state index < -0.39 is 0 Å². The molecule has 0 saturated heterocycles. The van der Waals surface area contributed by atoms with Gasteiger partial charge in [-0.1, -0.05) is 15.9 Å². The van der Waals surface area contributed by atoms with Crippen LogP contribution in [0.15, 0.2) is 0 Å². The average molecular weight is 167 g/mol. The molecule has 0 nitrogen and oxygen atoms in total. The first kappa shape index (κ1) is 5.54. The first-order valence-corrected chi connectivity index (χ1v) is 3.62. The molecule has 0 spiro atoms. The van der Waals surface area contributed by atoms with Crippen LogP contribution in [0, 0.1) is 11.8 Å². The SMILES string of the molecule is FCC1CC1CBr. The molecule has 1 aliphatic rings. The van der Waals surface area contributed by atoms with Crippen LogP contribution < -0.4 is 0 Å². The molecule has 0 bridgehead atoms. The van der Waals surface area contributed by atoms with Crippen molar-refractivity contribution in [3.8, 4) is 0 Å². The number of halogens is 2. The lowest BCUT2D eigenvalue weighted by molar-refractivity contribution is 0.445. The van der Waals surface area contributed by atoms with Crippen molar-refractivity contribution in [2.45, 2.75) is 6.42 Å². The van der Waals surface area contributed by atoms with Crippen molar-refractivity contribution in [2.75, 3.05) is 12.0 Å². The largest absolute Gasteiger partial charge is 0.251 e. The molecule has 0 aromatic rings. The molecule has 2 heteroatoms. The van der Waals surface area contributed by atoms with Crippen molar-refractivity contribution in [3.63, 3.8) is 0 Å². The Morgan fingerprint density at radius 3 is 2.43 bits per heavy atom. The van der Waals surface area contributed by atoms with Gasteiger partial charge >= 0.3 is 0 Å². The summed E-state index contributed by atoms with van der Waals surface area (Å²) in [4.78, 5) is 0. The molecule has 1 saturated carbocycles. The number of alkyl halides is 2. The molecule has 0 amide bonds. The van der Waals surface area contributed by atoms with E-state index in [4.69, 9.17) is 0 Å². The zero-order valence-corrected chi connectivity index (χ0v) is 5.62. The van der Waals surface area contributed by atoms with Gasteiger partial charge in [0.1, 0.15) is 0 Å². The fourth-order valence-electron chi connectivity index (χ4n) is 0.688. The molecule has 2 unspecified atom stereocenters. The molecular formula is C5H8BrF. The van der Waals surface area contributed by atoms with Crippen LogP contribution >= 0.6 is 15.9 Å². The second-order valence-corrected chi connectivity index (χ2v) is 2.71. The van der Waals surface area contributed by atoms with E-state index in [1.54, 1.807) is 0 Å². The van der Waals surface area contributed by atoms with E-state index in [0.717, 1.165) is 11.8 Å². The maximum absolute atomic E-state index is 11.6. The summed E-state index contributed by atoms with van der Waals surface area (Å²) < 4.78 is 11.6. The first-order valence-electron chi connectivity index (χ1n) is 2.50. The second-order valence-electron chi connectivity index (χ2n) is 2.06. The van der Waals surface area contributed by atoms with Gasteiger partial charge in [-0.3, -0.25) is 4.39 Å². The lowest BCUT2D eigenvalue weighted by Crippen LogP contribution is -1.83. The summed E-state index contributed by atoms with van der Waals surface area (Å²) in [5.74, 6) is 1.06. The molecule has 0 aliphatic heterocycles. The van der Waals surface area contributed by atoms with E-state index in [1.165, 1.54) is 0 Å². The van der Waals surface area contributed by atoms with Gasteiger partial charge in [0.2, 0.25) is 0 Å². The van der Waals surface area contributed by atoms with E-state index in [0.29, 0.717) is 11.8 Å². The molecular weight excluding hydrogens is 159 g/mol. The van der Waals surface area contributed by atoms with Gasteiger partial charge in [-0.2, -0.15) is 0 Å². The Balaban J connectivity index is 2.06. The van der Waals surface area contributed by atoms with Crippen LogP contribution in [0.25, 0.3) is 0 Å². The van der Waals surface area contributed by atoms with Crippen molar-refractivity contribution < 1.29 is 4.39 Å². The summed E-state index contributed by atoms with van der Waals surface area (Å²) in [5.41, 5.74) is 0. The summed E-state index contributed by atoms with van der Waals surface area (Å²) in [5, 5.41) is 0.988. The predicted molar refractivity (Wildman–Crippen MR) is 31.4 cm³/mol. The normalized spacial score (nSPS) is 38.6. The lowest BCUT2D eigenvalue weighted by Gasteiger charge is -1.81. The van der Waals surface area contributed by atoms with Crippen LogP contribution in [0.4, 0.5) is 4.39 Å². The molecule has 2 atom stereocenters. The lowest BCUT2D eigenvalue weighted by atomic mass is 10.4. The maximum Gasteiger partial charge on any atom is 0.0925 e. The van der Waals surface area contributed by atoms with Gasteiger partial charge in [0.25, 0.3) is 0 Å². The molecule has 42 valence electrons. The summed E-state index contributed by atoms with van der Waals surface area (Å²) in [6.45, 7) is -0.115. The number of rotatable bonds is 2. The summed E-state index contributed by atoms with van der Waals surface area (Å²) >= 11 is 3.29. The Kier molecular flexibility index (Phi) is 1.68. The van der Waals surface area contributed by atoms with Crippen LogP contribution in [0.3, 0.4) is 0 Å². The standard InChI is InChI=1S/C5H8BrF/c6-2-4-1-5(4)3-7/h4-5H,1-3H2. The minimum atomic E-state index is -0.115. The first-order chi connectivity index (χ1) is 3.38. The van der Waals surface area contributed by atoms with Gasteiger partial charge in [-0.25, -0.2) is 0 Å². The molecule has 0 radical (unpaired) electrons. The molecule has 0 heterocycles. The minimum Gasteiger partial charge on any atom is -0.251 e. The van der Waals surface area contributed by atoms with E-state index in [-0.39, 0.29) is 6.67 Å². The van der Waals surface area contributed by atoms with E-state index in [2.05, 4.69) is 15.9 Å². The zero-order valence-electron chi connectivity index (χ0n) is 4.03. The van der Waals surface area contributed by atoms with Gasteiger partial charge in [0.05, 0.1) is 6.67 Å². The van der Waals surface area contributed by atoms with Crippen LogP contribution in [0.2, 0.25) is 0 Å². The Bertz CT molecular complexity index is 57.1. The van der Waals surface area contributed by atoms with E-state index in [9.17, 15) is 4.39 Å². The molecule has 0 aromatic heterocycles. The molecule has 1 fully saturated rings. The average Bonchev–Trinajstić information content (AvgIpc) is 2.43. The van der Waals surface area contributed by atoms with Gasteiger partial charge in [-0.15, -0.1) is 0 Å². The highest BCUT2D eigenvalue weighted by Crippen LogP contribution is 2.39. The molecule has 7 heavy (non-hydrogen) atoms. The quantitative estimate of drug-likeness (QED) is 0.551.